The summed E-state index contributed by atoms with van der Waals surface area (Å²) in [7, 11) is 0. The number of carboxylic acids is 1. The second kappa shape index (κ2) is 8.22. The van der Waals surface area contributed by atoms with E-state index in [9.17, 15) is 14.4 Å². The van der Waals surface area contributed by atoms with Crippen LogP contribution in [0.25, 0.3) is 0 Å². The molecule has 0 atom stereocenters. The molecule has 0 aliphatic carbocycles. The van der Waals surface area contributed by atoms with Gasteiger partial charge in [-0.15, -0.1) is 0 Å². The summed E-state index contributed by atoms with van der Waals surface area (Å²) in [5.74, 6) is -1.64. The smallest absolute Gasteiger partial charge is 0.335 e. The third kappa shape index (κ3) is 6.23. The maximum Gasteiger partial charge on any atom is 0.335 e. The van der Waals surface area contributed by atoms with E-state index in [1.807, 2.05) is 0 Å². The summed E-state index contributed by atoms with van der Waals surface area (Å²) < 4.78 is 5.32. The van der Waals surface area contributed by atoms with Crippen molar-refractivity contribution in [2.75, 3.05) is 25.1 Å². The minimum atomic E-state index is -1.06. The zero-order valence-electron chi connectivity index (χ0n) is 10.9. The van der Waals surface area contributed by atoms with Gasteiger partial charge in [-0.05, 0) is 34.1 Å². The van der Waals surface area contributed by atoms with Gasteiger partial charge >= 0.3 is 12.0 Å². The molecule has 0 heterocycles. The summed E-state index contributed by atoms with van der Waals surface area (Å²) in [5, 5.41) is 13.9. The third-order valence-electron chi connectivity index (χ3n) is 2.24. The molecule has 1 rings (SSSR count). The Morgan fingerprint density at radius 1 is 1.33 bits per heavy atom. The minimum Gasteiger partial charge on any atom is -0.478 e. The zero-order valence-corrected chi connectivity index (χ0v) is 12.5. The average molecular weight is 360 g/mol. The number of urea groups is 1. The monoisotopic (exact) mass is 359 g/mol. The highest BCUT2D eigenvalue weighted by molar-refractivity contribution is 9.10. The van der Waals surface area contributed by atoms with Gasteiger partial charge in [-0.25, -0.2) is 9.59 Å². The van der Waals surface area contributed by atoms with Gasteiger partial charge in [-0.2, -0.15) is 0 Å². The Balaban J connectivity index is 2.41. The molecule has 0 fully saturated rings. The molecule has 0 aliphatic rings. The Kier molecular flexibility index (Phi) is 6.63. The van der Waals surface area contributed by atoms with Crippen LogP contribution in [0.4, 0.5) is 10.5 Å². The molecular formula is C12H14BrN3O5. The topological polar surface area (TPSA) is 131 Å². The first-order chi connectivity index (χ1) is 9.90. The summed E-state index contributed by atoms with van der Waals surface area (Å²) in [6.45, 7) is 0.144. The van der Waals surface area contributed by atoms with Gasteiger partial charge in [-0.3, -0.25) is 4.79 Å². The summed E-state index contributed by atoms with van der Waals surface area (Å²) >= 11 is 3.17. The number of carbonyl (C=O) groups is 3. The van der Waals surface area contributed by atoms with Crippen molar-refractivity contribution in [1.82, 2.24) is 5.32 Å². The average Bonchev–Trinajstić information content (AvgIpc) is 2.40. The van der Waals surface area contributed by atoms with Gasteiger partial charge in [0.25, 0.3) is 0 Å². The molecule has 0 bridgehead atoms. The molecule has 0 aromatic heterocycles. The predicted molar refractivity (Wildman–Crippen MR) is 78.1 cm³/mol. The number of amides is 3. The molecular weight excluding hydrogens is 346 g/mol. The van der Waals surface area contributed by atoms with E-state index in [0.717, 1.165) is 0 Å². The molecule has 21 heavy (non-hydrogen) atoms. The Morgan fingerprint density at radius 2 is 2.05 bits per heavy atom. The summed E-state index contributed by atoms with van der Waals surface area (Å²) in [6.07, 6.45) is 0. The van der Waals surface area contributed by atoms with Crippen LogP contribution in [0, 0.1) is 0 Å². The number of benzene rings is 1. The van der Waals surface area contributed by atoms with Crippen LogP contribution in [0.2, 0.25) is 0 Å². The van der Waals surface area contributed by atoms with Crippen molar-refractivity contribution in [3.8, 4) is 0 Å². The quantitative estimate of drug-likeness (QED) is 0.534. The van der Waals surface area contributed by atoms with E-state index >= 15 is 0 Å². The summed E-state index contributed by atoms with van der Waals surface area (Å²) in [4.78, 5) is 32.7. The fourth-order valence-electron chi connectivity index (χ4n) is 1.33. The Hall–Kier alpha value is -2.13. The van der Waals surface area contributed by atoms with Gasteiger partial charge in [0.2, 0.25) is 5.91 Å². The van der Waals surface area contributed by atoms with Crippen molar-refractivity contribution in [2.45, 2.75) is 0 Å². The normalized spacial score (nSPS) is 9.95. The molecule has 0 radical (unpaired) electrons. The van der Waals surface area contributed by atoms with Crippen molar-refractivity contribution in [1.29, 1.82) is 0 Å². The van der Waals surface area contributed by atoms with E-state index < -0.39 is 17.9 Å². The van der Waals surface area contributed by atoms with Gasteiger partial charge in [0.15, 0.2) is 0 Å². The van der Waals surface area contributed by atoms with Gasteiger partial charge in [0.1, 0.15) is 6.61 Å². The van der Waals surface area contributed by atoms with Crippen molar-refractivity contribution in [3.05, 3.63) is 28.2 Å². The van der Waals surface area contributed by atoms with Crippen molar-refractivity contribution in [2.24, 2.45) is 5.73 Å². The molecule has 0 unspecified atom stereocenters. The van der Waals surface area contributed by atoms with Crippen LogP contribution in [0.15, 0.2) is 22.7 Å². The van der Waals surface area contributed by atoms with Crippen LogP contribution in [0.3, 0.4) is 0 Å². The highest BCUT2D eigenvalue weighted by Gasteiger charge is 2.09. The molecule has 8 nitrogen and oxygen atoms in total. The van der Waals surface area contributed by atoms with Gasteiger partial charge in [0, 0.05) is 11.0 Å². The standard InChI is InChI=1S/C12H14BrN3O5/c13-8-5-7(11(18)19)1-2-9(8)16-12(20)15-3-4-21-6-10(14)17/h1-2,5H,3-4,6H2,(H2,14,17)(H,18,19)(H2,15,16,20). The highest BCUT2D eigenvalue weighted by Crippen LogP contribution is 2.23. The summed E-state index contributed by atoms with van der Waals surface area (Å²) in [6, 6.07) is 3.74. The molecule has 114 valence electrons. The summed E-state index contributed by atoms with van der Waals surface area (Å²) in [5.41, 5.74) is 5.41. The van der Waals surface area contributed by atoms with Crippen LogP contribution in [0.1, 0.15) is 10.4 Å². The van der Waals surface area contributed by atoms with Gasteiger partial charge in [-0.1, -0.05) is 0 Å². The lowest BCUT2D eigenvalue weighted by molar-refractivity contribution is -0.122. The number of aromatic carboxylic acids is 1. The molecule has 3 amide bonds. The second-order valence-electron chi connectivity index (χ2n) is 3.90. The largest absolute Gasteiger partial charge is 0.478 e. The third-order valence-corrected chi connectivity index (χ3v) is 2.90. The number of carboxylic acid groups (broad SMARTS) is 1. The van der Waals surface area contributed by atoms with E-state index in [1.165, 1.54) is 18.2 Å². The molecule has 0 aliphatic heterocycles. The van der Waals surface area contributed by atoms with Crippen LogP contribution < -0.4 is 16.4 Å². The van der Waals surface area contributed by atoms with Crippen molar-refractivity contribution < 1.29 is 24.2 Å². The van der Waals surface area contributed by atoms with E-state index in [0.29, 0.717) is 10.2 Å². The number of nitrogens with two attached hydrogens (primary N) is 1. The lowest BCUT2D eigenvalue weighted by Crippen LogP contribution is -2.32. The lowest BCUT2D eigenvalue weighted by Gasteiger charge is -2.09. The number of hydrogen-bond acceptors (Lipinski definition) is 4. The van der Waals surface area contributed by atoms with Crippen LogP contribution in [0.5, 0.6) is 0 Å². The number of anilines is 1. The molecule has 5 N–H and O–H groups in total. The minimum absolute atomic E-state index is 0.104. The van der Waals surface area contributed by atoms with E-state index in [2.05, 4.69) is 26.6 Å². The van der Waals surface area contributed by atoms with Crippen LogP contribution in [-0.2, 0) is 9.53 Å². The van der Waals surface area contributed by atoms with E-state index in [1.54, 1.807) is 0 Å². The SMILES string of the molecule is NC(=O)COCCNC(=O)Nc1ccc(C(=O)O)cc1Br. The van der Waals surface area contributed by atoms with E-state index in [-0.39, 0.29) is 25.3 Å². The number of ether oxygens (including phenoxy) is 1. The number of primary amides is 1. The Labute approximate surface area is 128 Å². The lowest BCUT2D eigenvalue weighted by atomic mass is 10.2. The number of hydrogen-bond donors (Lipinski definition) is 4. The highest BCUT2D eigenvalue weighted by atomic mass is 79.9. The number of nitrogens with one attached hydrogen (secondary N) is 2. The number of rotatable bonds is 7. The maximum atomic E-state index is 11.6. The van der Waals surface area contributed by atoms with Crippen LogP contribution >= 0.6 is 15.9 Å². The molecule has 9 heteroatoms. The number of carbonyl (C=O) groups excluding carboxylic acids is 2. The van der Waals surface area contributed by atoms with Gasteiger partial charge in [0.05, 0.1) is 17.9 Å². The zero-order chi connectivity index (χ0) is 15.8. The fourth-order valence-corrected chi connectivity index (χ4v) is 1.80. The van der Waals surface area contributed by atoms with Gasteiger partial charge < -0.3 is 26.2 Å². The molecule has 0 spiro atoms. The van der Waals surface area contributed by atoms with Crippen molar-refractivity contribution in [3.63, 3.8) is 0 Å². The second-order valence-corrected chi connectivity index (χ2v) is 4.75. The number of halogens is 1. The Morgan fingerprint density at radius 3 is 2.62 bits per heavy atom. The molecule has 0 saturated carbocycles. The first kappa shape index (κ1) is 16.9. The fraction of sp³-hybridized carbons (Fsp3) is 0.250. The predicted octanol–water partition coefficient (Wildman–Crippen LogP) is 0.771. The Bertz CT molecular complexity index is 550. The molecule has 1 aromatic carbocycles. The first-order valence-corrected chi connectivity index (χ1v) is 6.63. The van der Waals surface area contributed by atoms with E-state index in [4.69, 9.17) is 15.6 Å². The first-order valence-electron chi connectivity index (χ1n) is 5.84. The van der Waals surface area contributed by atoms with Crippen molar-refractivity contribution >= 4 is 39.5 Å². The molecule has 0 saturated heterocycles. The maximum absolute atomic E-state index is 11.6. The van der Waals surface area contributed by atoms with Crippen LogP contribution in [-0.4, -0.2) is 42.8 Å². The molecule has 1 aromatic rings.